The zero-order valence-electron chi connectivity index (χ0n) is 12.2. The van der Waals surface area contributed by atoms with Crippen molar-refractivity contribution in [2.24, 2.45) is 5.73 Å². The average molecular weight is 298 g/mol. The highest BCUT2D eigenvalue weighted by Gasteiger charge is 2.21. The molecular formula is C16H24F2N2O. The highest BCUT2D eigenvalue weighted by Crippen LogP contribution is 2.28. The molecule has 3 N–H and O–H groups in total. The van der Waals surface area contributed by atoms with Gasteiger partial charge < -0.3 is 15.8 Å². The van der Waals surface area contributed by atoms with Gasteiger partial charge in [0.2, 0.25) is 0 Å². The Bertz CT molecular complexity index is 420. The molecule has 0 bridgehead atoms. The molecular weight excluding hydrogens is 274 g/mol. The molecule has 1 unspecified atom stereocenters. The van der Waals surface area contributed by atoms with Crippen molar-refractivity contribution >= 4 is 0 Å². The lowest BCUT2D eigenvalue weighted by molar-refractivity contribution is -0.0507. The van der Waals surface area contributed by atoms with Crippen molar-refractivity contribution < 1.29 is 13.5 Å². The van der Waals surface area contributed by atoms with Gasteiger partial charge in [-0.15, -0.1) is 0 Å². The second-order valence-corrected chi connectivity index (χ2v) is 5.56. The van der Waals surface area contributed by atoms with Crippen LogP contribution in [0.25, 0.3) is 0 Å². The fourth-order valence-electron chi connectivity index (χ4n) is 2.99. The van der Waals surface area contributed by atoms with Crippen molar-refractivity contribution in [2.75, 3.05) is 6.54 Å². The van der Waals surface area contributed by atoms with Crippen LogP contribution in [0.5, 0.6) is 5.75 Å². The molecule has 5 heteroatoms. The maximum absolute atomic E-state index is 12.5. The Morgan fingerprint density at radius 3 is 2.43 bits per heavy atom. The first kappa shape index (κ1) is 16.2. The van der Waals surface area contributed by atoms with Gasteiger partial charge in [-0.3, -0.25) is 0 Å². The normalized spacial score (nSPS) is 18.5. The largest absolute Gasteiger partial charge is 0.434 e. The van der Waals surface area contributed by atoms with Crippen LogP contribution in [0.3, 0.4) is 0 Å². The predicted octanol–water partition coefficient (Wildman–Crippen LogP) is 3.60. The summed E-state index contributed by atoms with van der Waals surface area (Å²) in [6.45, 7) is -2.46. The predicted molar refractivity (Wildman–Crippen MR) is 79.5 cm³/mol. The highest BCUT2D eigenvalue weighted by molar-refractivity contribution is 5.36. The third kappa shape index (κ3) is 4.93. The smallest absolute Gasteiger partial charge is 0.387 e. The second-order valence-electron chi connectivity index (χ2n) is 5.56. The first-order valence-corrected chi connectivity index (χ1v) is 7.70. The molecule has 1 aliphatic rings. The highest BCUT2D eigenvalue weighted by atomic mass is 19.3. The number of alkyl halides is 2. The Morgan fingerprint density at radius 2 is 1.81 bits per heavy atom. The summed E-state index contributed by atoms with van der Waals surface area (Å²) >= 11 is 0. The molecule has 1 aromatic rings. The Labute approximate surface area is 124 Å². The van der Waals surface area contributed by atoms with Crippen molar-refractivity contribution in [2.45, 2.75) is 57.2 Å². The van der Waals surface area contributed by atoms with Crippen LogP contribution in [-0.4, -0.2) is 19.2 Å². The van der Waals surface area contributed by atoms with Crippen molar-refractivity contribution in [3.05, 3.63) is 29.8 Å². The molecule has 0 saturated heterocycles. The molecule has 0 aliphatic heterocycles. The Balaban J connectivity index is 2.09. The minimum Gasteiger partial charge on any atom is -0.434 e. The summed E-state index contributed by atoms with van der Waals surface area (Å²) in [5.41, 5.74) is 6.57. The number of hydrogen-bond donors (Lipinski definition) is 2. The van der Waals surface area contributed by atoms with E-state index in [0.717, 1.165) is 12.8 Å². The van der Waals surface area contributed by atoms with Crippen molar-refractivity contribution in [3.63, 3.8) is 0 Å². The quantitative estimate of drug-likeness (QED) is 0.789. The first-order chi connectivity index (χ1) is 10.2. The van der Waals surface area contributed by atoms with E-state index in [-0.39, 0.29) is 11.8 Å². The standard InChI is InChI=1S/C16H24F2N2O/c17-16(18)21-15-10-6-5-9-13(15)14(11-19)20-12-7-3-1-2-4-8-12/h5-6,9-10,12,14,16,20H,1-4,7-8,11,19H2. The molecule has 2 rings (SSSR count). The summed E-state index contributed by atoms with van der Waals surface area (Å²) in [5, 5.41) is 3.53. The van der Waals surface area contributed by atoms with E-state index in [9.17, 15) is 8.78 Å². The number of benzene rings is 1. The van der Waals surface area contributed by atoms with Crippen LogP contribution in [0, 0.1) is 0 Å². The van der Waals surface area contributed by atoms with Crippen LogP contribution < -0.4 is 15.8 Å². The lowest BCUT2D eigenvalue weighted by atomic mass is 10.0. The number of halogens is 2. The molecule has 1 aromatic carbocycles. The van der Waals surface area contributed by atoms with E-state index in [0.29, 0.717) is 18.2 Å². The van der Waals surface area contributed by atoms with Gasteiger partial charge in [-0.2, -0.15) is 8.78 Å². The third-order valence-electron chi connectivity index (χ3n) is 4.04. The zero-order valence-corrected chi connectivity index (χ0v) is 12.2. The van der Waals surface area contributed by atoms with Crippen LogP contribution in [0.2, 0.25) is 0 Å². The number of nitrogens with two attached hydrogens (primary N) is 1. The molecule has 0 amide bonds. The van der Waals surface area contributed by atoms with E-state index in [1.807, 2.05) is 6.07 Å². The average Bonchev–Trinajstić information content (AvgIpc) is 2.73. The van der Waals surface area contributed by atoms with Crippen LogP contribution in [0.1, 0.15) is 50.1 Å². The third-order valence-corrected chi connectivity index (χ3v) is 4.04. The second kappa shape index (κ2) is 8.29. The van der Waals surface area contributed by atoms with E-state index >= 15 is 0 Å². The van der Waals surface area contributed by atoms with Gasteiger partial charge in [0, 0.05) is 24.2 Å². The maximum Gasteiger partial charge on any atom is 0.387 e. The van der Waals surface area contributed by atoms with E-state index < -0.39 is 6.61 Å². The monoisotopic (exact) mass is 298 g/mol. The number of hydrogen-bond acceptors (Lipinski definition) is 3. The SMILES string of the molecule is NCC(NC1CCCCCC1)c1ccccc1OC(F)F. The number of rotatable bonds is 6. The van der Waals surface area contributed by atoms with Gasteiger partial charge >= 0.3 is 6.61 Å². The van der Waals surface area contributed by atoms with Gasteiger partial charge in [0.05, 0.1) is 0 Å². The molecule has 118 valence electrons. The van der Waals surface area contributed by atoms with Crippen molar-refractivity contribution in [1.82, 2.24) is 5.32 Å². The Kier molecular flexibility index (Phi) is 6.39. The maximum atomic E-state index is 12.5. The molecule has 1 atom stereocenters. The molecule has 1 fully saturated rings. The summed E-state index contributed by atoms with van der Waals surface area (Å²) in [5.74, 6) is 0.212. The molecule has 0 heterocycles. The molecule has 0 aromatic heterocycles. The number of nitrogens with one attached hydrogen (secondary N) is 1. The molecule has 1 aliphatic carbocycles. The molecule has 0 spiro atoms. The minimum absolute atomic E-state index is 0.150. The number of para-hydroxylation sites is 1. The van der Waals surface area contributed by atoms with Crippen LogP contribution in [-0.2, 0) is 0 Å². The molecule has 0 radical (unpaired) electrons. The van der Waals surface area contributed by atoms with Crippen molar-refractivity contribution in [1.29, 1.82) is 0 Å². The van der Waals surface area contributed by atoms with Gasteiger partial charge in [0.15, 0.2) is 0 Å². The van der Waals surface area contributed by atoms with Crippen molar-refractivity contribution in [3.8, 4) is 5.75 Å². The van der Waals surface area contributed by atoms with Crippen LogP contribution >= 0.6 is 0 Å². The van der Waals surface area contributed by atoms with E-state index in [1.165, 1.54) is 25.7 Å². The Morgan fingerprint density at radius 1 is 1.14 bits per heavy atom. The Hall–Kier alpha value is -1.20. The van der Waals surface area contributed by atoms with Gasteiger partial charge in [-0.05, 0) is 18.9 Å². The fraction of sp³-hybridized carbons (Fsp3) is 0.625. The lowest BCUT2D eigenvalue weighted by Crippen LogP contribution is -2.36. The number of ether oxygens (including phenoxy) is 1. The molecule has 21 heavy (non-hydrogen) atoms. The minimum atomic E-state index is -2.82. The summed E-state index contributed by atoms with van der Waals surface area (Å²) < 4.78 is 29.6. The fourth-order valence-corrected chi connectivity index (χ4v) is 2.99. The van der Waals surface area contributed by atoms with Crippen LogP contribution in [0.4, 0.5) is 8.78 Å². The summed E-state index contributed by atoms with van der Waals surface area (Å²) in [4.78, 5) is 0. The molecule has 1 saturated carbocycles. The van der Waals surface area contributed by atoms with Gasteiger partial charge in [0.25, 0.3) is 0 Å². The summed E-state index contributed by atoms with van der Waals surface area (Å²) in [6, 6.07) is 7.15. The first-order valence-electron chi connectivity index (χ1n) is 7.70. The topological polar surface area (TPSA) is 47.3 Å². The van der Waals surface area contributed by atoms with Gasteiger partial charge in [-0.1, -0.05) is 43.9 Å². The van der Waals surface area contributed by atoms with Crippen LogP contribution in [0.15, 0.2) is 24.3 Å². The summed E-state index contributed by atoms with van der Waals surface area (Å²) in [6.07, 6.45) is 7.21. The van der Waals surface area contributed by atoms with Gasteiger partial charge in [0.1, 0.15) is 5.75 Å². The molecule has 3 nitrogen and oxygen atoms in total. The van der Waals surface area contributed by atoms with E-state index in [1.54, 1.807) is 18.2 Å². The van der Waals surface area contributed by atoms with Gasteiger partial charge in [-0.25, -0.2) is 0 Å². The zero-order chi connectivity index (χ0) is 15.1. The van der Waals surface area contributed by atoms with E-state index in [4.69, 9.17) is 5.73 Å². The summed E-state index contributed by atoms with van der Waals surface area (Å²) in [7, 11) is 0. The van der Waals surface area contributed by atoms with E-state index in [2.05, 4.69) is 10.1 Å². The lowest BCUT2D eigenvalue weighted by Gasteiger charge is -2.25.